The molecule has 3 aromatic rings. The highest BCUT2D eigenvalue weighted by Gasteiger charge is 2.13. The van der Waals surface area contributed by atoms with Gasteiger partial charge in [-0.05, 0) is 60.2 Å². The lowest BCUT2D eigenvalue weighted by atomic mass is 10.2. The number of nitrogens with one attached hydrogen (secondary N) is 2. The summed E-state index contributed by atoms with van der Waals surface area (Å²) in [7, 11) is 0. The number of nitrogens with zero attached hydrogens (tertiary/aromatic N) is 1. The molecule has 10 heteroatoms. The first-order valence-electron chi connectivity index (χ1n) is 10.2. The average Bonchev–Trinajstić information content (AvgIpc) is 2.85. The predicted octanol–water partition coefficient (Wildman–Crippen LogP) is 5.88. The lowest BCUT2D eigenvalue weighted by Gasteiger charge is -2.10. The molecule has 0 aromatic heterocycles. The zero-order valence-electron chi connectivity index (χ0n) is 18.3. The molecule has 7 nitrogen and oxygen atoms in total. The summed E-state index contributed by atoms with van der Waals surface area (Å²) in [6.07, 6.45) is 2.95. The molecule has 2 amide bonds. The van der Waals surface area contributed by atoms with Crippen molar-refractivity contribution in [3.8, 4) is 11.5 Å². The summed E-state index contributed by atoms with van der Waals surface area (Å²) in [5.41, 5.74) is 3.90. The molecule has 3 rings (SSSR count). The maximum atomic E-state index is 12.1. The summed E-state index contributed by atoms with van der Waals surface area (Å²) < 4.78 is 11.2. The van der Waals surface area contributed by atoms with Gasteiger partial charge in [-0.15, -0.1) is 0 Å². The van der Waals surface area contributed by atoms with E-state index in [2.05, 4.69) is 22.4 Å². The van der Waals surface area contributed by atoms with E-state index in [0.717, 1.165) is 5.56 Å². The van der Waals surface area contributed by atoms with Crippen LogP contribution >= 0.6 is 34.8 Å². The molecule has 0 atom stereocenters. The topological polar surface area (TPSA) is 89.0 Å². The quantitative estimate of drug-likeness (QED) is 0.156. The van der Waals surface area contributed by atoms with Gasteiger partial charge in [-0.2, -0.15) is 5.10 Å². The molecule has 0 heterocycles. The molecular formula is C25H20Cl3N3O4. The van der Waals surface area contributed by atoms with Crippen LogP contribution in [0.1, 0.15) is 11.1 Å². The second kappa shape index (κ2) is 12.8. The molecular weight excluding hydrogens is 513 g/mol. The van der Waals surface area contributed by atoms with Gasteiger partial charge in [-0.25, -0.2) is 5.43 Å². The van der Waals surface area contributed by atoms with E-state index >= 15 is 0 Å². The highest BCUT2D eigenvalue weighted by Crippen LogP contribution is 2.25. The van der Waals surface area contributed by atoms with Gasteiger partial charge in [0.15, 0.2) is 0 Å². The Morgan fingerprint density at radius 1 is 0.914 bits per heavy atom. The molecule has 3 aromatic carbocycles. The number of amides is 2. The van der Waals surface area contributed by atoms with Gasteiger partial charge in [0.25, 0.3) is 0 Å². The van der Waals surface area contributed by atoms with Crippen LogP contribution in [0.5, 0.6) is 11.5 Å². The molecule has 2 N–H and O–H groups in total. The highest BCUT2D eigenvalue weighted by molar-refractivity contribution is 6.42. The van der Waals surface area contributed by atoms with Crippen molar-refractivity contribution in [3.05, 3.63) is 99.5 Å². The average molecular weight is 533 g/mol. The van der Waals surface area contributed by atoms with Gasteiger partial charge in [-0.1, -0.05) is 53.5 Å². The third-order valence-electron chi connectivity index (χ3n) is 4.41. The molecule has 0 bridgehead atoms. The van der Waals surface area contributed by atoms with E-state index < -0.39 is 11.8 Å². The van der Waals surface area contributed by atoms with E-state index in [4.69, 9.17) is 44.3 Å². The van der Waals surface area contributed by atoms with E-state index in [1.165, 1.54) is 6.21 Å². The van der Waals surface area contributed by atoms with Crippen LogP contribution in [-0.2, 0) is 16.2 Å². The zero-order valence-corrected chi connectivity index (χ0v) is 20.5. The summed E-state index contributed by atoms with van der Waals surface area (Å²) in [6, 6.07) is 16.6. The second-order valence-electron chi connectivity index (χ2n) is 7.00. The van der Waals surface area contributed by atoms with Crippen LogP contribution in [0, 0.1) is 0 Å². The first kappa shape index (κ1) is 26.1. The zero-order chi connectivity index (χ0) is 25.2. The standard InChI is InChI=1S/C25H20Cl3N3O4/c1-2-11-34-20-7-5-19(6-8-20)30-24(32)25(33)31-29-14-17-13-18(26)4-10-23(17)35-15-16-3-9-21(27)22(28)12-16/h2-10,12-14H,1,11,15H2,(H,30,32)(H,31,33)/b29-14-. The van der Waals surface area contributed by atoms with Gasteiger partial charge in [0.1, 0.15) is 24.7 Å². The number of hydrazone groups is 1. The Balaban J connectivity index is 1.58. The molecule has 0 radical (unpaired) electrons. The first-order valence-corrected chi connectivity index (χ1v) is 11.3. The number of hydrogen-bond donors (Lipinski definition) is 2. The molecule has 0 aliphatic rings. The van der Waals surface area contributed by atoms with Gasteiger partial charge in [-0.3, -0.25) is 9.59 Å². The van der Waals surface area contributed by atoms with Crippen molar-refractivity contribution in [3.63, 3.8) is 0 Å². The van der Waals surface area contributed by atoms with Crippen molar-refractivity contribution < 1.29 is 19.1 Å². The van der Waals surface area contributed by atoms with E-state index in [-0.39, 0.29) is 6.61 Å². The van der Waals surface area contributed by atoms with E-state index in [0.29, 0.717) is 44.4 Å². The number of carbonyl (C=O) groups excluding carboxylic acids is 2. The summed E-state index contributed by atoms with van der Waals surface area (Å²) in [6.45, 7) is 4.15. The predicted molar refractivity (Wildman–Crippen MR) is 139 cm³/mol. The van der Waals surface area contributed by atoms with Crippen molar-refractivity contribution in [1.82, 2.24) is 5.43 Å². The minimum Gasteiger partial charge on any atom is -0.490 e. The molecule has 180 valence electrons. The Labute approximate surface area is 217 Å². The number of anilines is 1. The Hall–Kier alpha value is -3.52. The third-order valence-corrected chi connectivity index (χ3v) is 5.38. The van der Waals surface area contributed by atoms with Crippen molar-refractivity contribution in [2.24, 2.45) is 5.10 Å². The van der Waals surface area contributed by atoms with Crippen molar-refractivity contribution in [2.45, 2.75) is 6.61 Å². The molecule has 0 aliphatic carbocycles. The van der Waals surface area contributed by atoms with Crippen LogP contribution in [0.4, 0.5) is 5.69 Å². The van der Waals surface area contributed by atoms with Crippen LogP contribution in [0.2, 0.25) is 15.1 Å². The van der Waals surface area contributed by atoms with Gasteiger partial charge in [0, 0.05) is 16.3 Å². The maximum Gasteiger partial charge on any atom is 0.329 e. The summed E-state index contributed by atoms with van der Waals surface area (Å²) in [5.74, 6) is -0.769. The Kier molecular flexibility index (Phi) is 9.55. The Bertz CT molecular complexity index is 1250. The lowest BCUT2D eigenvalue weighted by Crippen LogP contribution is -2.32. The summed E-state index contributed by atoms with van der Waals surface area (Å²) >= 11 is 18.1. The van der Waals surface area contributed by atoms with Gasteiger partial charge in [0.05, 0.1) is 16.3 Å². The number of carbonyl (C=O) groups is 2. The number of ether oxygens (including phenoxy) is 2. The summed E-state index contributed by atoms with van der Waals surface area (Å²) in [4.78, 5) is 24.3. The van der Waals surface area contributed by atoms with Gasteiger partial charge >= 0.3 is 11.8 Å². The van der Waals surface area contributed by atoms with Gasteiger partial charge in [0.2, 0.25) is 0 Å². The molecule has 0 unspecified atom stereocenters. The fraction of sp³-hybridized carbons (Fsp3) is 0.0800. The second-order valence-corrected chi connectivity index (χ2v) is 8.25. The largest absolute Gasteiger partial charge is 0.490 e. The van der Waals surface area contributed by atoms with E-state index in [9.17, 15) is 9.59 Å². The Morgan fingerprint density at radius 3 is 2.40 bits per heavy atom. The van der Waals surface area contributed by atoms with Crippen LogP contribution in [0.15, 0.2) is 78.4 Å². The molecule has 0 aliphatic heterocycles. The highest BCUT2D eigenvalue weighted by atomic mass is 35.5. The van der Waals surface area contributed by atoms with E-state index in [1.54, 1.807) is 66.7 Å². The van der Waals surface area contributed by atoms with Crippen LogP contribution in [0.3, 0.4) is 0 Å². The third kappa shape index (κ3) is 8.03. The normalized spacial score (nSPS) is 10.6. The molecule has 0 saturated heterocycles. The van der Waals surface area contributed by atoms with Gasteiger partial charge < -0.3 is 14.8 Å². The minimum absolute atomic E-state index is 0.214. The van der Waals surface area contributed by atoms with Crippen molar-refractivity contribution >= 4 is 58.5 Å². The Morgan fingerprint density at radius 2 is 1.69 bits per heavy atom. The fourth-order valence-corrected chi connectivity index (χ4v) is 3.23. The molecule has 35 heavy (non-hydrogen) atoms. The fourth-order valence-electron chi connectivity index (χ4n) is 2.73. The molecule has 0 saturated carbocycles. The number of hydrogen-bond acceptors (Lipinski definition) is 5. The number of rotatable bonds is 9. The van der Waals surface area contributed by atoms with Crippen LogP contribution < -0.4 is 20.2 Å². The van der Waals surface area contributed by atoms with Crippen molar-refractivity contribution in [1.29, 1.82) is 0 Å². The first-order chi connectivity index (χ1) is 16.9. The number of halogens is 3. The smallest absolute Gasteiger partial charge is 0.329 e. The molecule has 0 fully saturated rings. The van der Waals surface area contributed by atoms with Crippen LogP contribution in [-0.4, -0.2) is 24.6 Å². The maximum absolute atomic E-state index is 12.1. The van der Waals surface area contributed by atoms with E-state index in [1.807, 2.05) is 0 Å². The number of benzene rings is 3. The minimum atomic E-state index is -0.950. The summed E-state index contributed by atoms with van der Waals surface area (Å²) in [5, 5.41) is 7.63. The molecule has 0 spiro atoms. The van der Waals surface area contributed by atoms with Crippen molar-refractivity contribution in [2.75, 3.05) is 11.9 Å². The van der Waals surface area contributed by atoms with Crippen LogP contribution in [0.25, 0.3) is 0 Å². The SMILES string of the molecule is C=CCOc1ccc(NC(=O)C(=O)N/N=C\c2cc(Cl)ccc2OCc2ccc(Cl)c(Cl)c2)cc1. The lowest BCUT2D eigenvalue weighted by molar-refractivity contribution is -0.136. The monoisotopic (exact) mass is 531 g/mol.